The van der Waals surface area contributed by atoms with E-state index < -0.39 is 5.97 Å². The second-order valence-electron chi connectivity index (χ2n) is 4.15. The fourth-order valence-electron chi connectivity index (χ4n) is 1.70. The fraction of sp³-hybridized carbons (Fsp3) is 0.133. The molecule has 2 aromatic carbocycles. The smallest absolute Gasteiger partial charge is 0.313 e. The monoisotopic (exact) mass is 307 g/mol. The van der Waals surface area contributed by atoms with Gasteiger partial charge in [-0.2, -0.15) is 0 Å². The van der Waals surface area contributed by atoms with E-state index in [-0.39, 0.29) is 11.1 Å². The number of carboxylic acid groups (broad SMARTS) is 1. The Morgan fingerprint density at radius 1 is 1.15 bits per heavy atom. The maximum Gasteiger partial charge on any atom is 0.313 e. The molecule has 104 valence electrons. The van der Waals surface area contributed by atoms with Crippen LogP contribution in [-0.2, 0) is 4.79 Å². The first-order chi connectivity index (χ1) is 9.65. The molecule has 0 bridgehead atoms. The van der Waals surface area contributed by atoms with Gasteiger partial charge in [-0.05, 0) is 29.8 Å². The van der Waals surface area contributed by atoms with E-state index in [0.29, 0.717) is 5.02 Å². The first-order valence-electron chi connectivity index (χ1n) is 6.05. The lowest BCUT2D eigenvalue weighted by molar-refractivity contribution is -0.133. The molecule has 1 unspecified atom stereocenters. The molecule has 0 saturated carbocycles. The quantitative estimate of drug-likeness (QED) is 0.783. The van der Waals surface area contributed by atoms with Crippen LogP contribution in [0.5, 0.6) is 0 Å². The fourth-order valence-corrected chi connectivity index (χ4v) is 2.70. The van der Waals surface area contributed by atoms with Gasteiger partial charge in [0.05, 0.1) is 11.1 Å². The first kappa shape index (κ1) is 14.8. The zero-order chi connectivity index (χ0) is 14.4. The highest BCUT2D eigenvalue weighted by Crippen LogP contribution is 2.30. The highest BCUT2D eigenvalue weighted by Gasteiger charge is 2.13. The Morgan fingerprint density at radius 2 is 1.80 bits per heavy atom. The molecule has 20 heavy (non-hydrogen) atoms. The molecule has 0 aliphatic rings. The molecule has 0 spiro atoms. The van der Waals surface area contributed by atoms with Crippen LogP contribution in [0.1, 0.15) is 10.9 Å². The van der Waals surface area contributed by atoms with Crippen molar-refractivity contribution in [1.82, 2.24) is 0 Å². The molecule has 2 rings (SSSR count). The number of carbonyl (C=O) groups is 1. The third kappa shape index (κ3) is 4.47. The molecule has 0 saturated heterocycles. The largest absolute Gasteiger partial charge is 0.481 e. The summed E-state index contributed by atoms with van der Waals surface area (Å²) in [5.74, 6) is -0.795. The Balaban J connectivity index is 2.15. The summed E-state index contributed by atoms with van der Waals surface area (Å²) in [5, 5.41) is 12.7. The van der Waals surface area contributed by atoms with Crippen LogP contribution in [0.25, 0.3) is 0 Å². The van der Waals surface area contributed by atoms with Crippen molar-refractivity contribution < 1.29 is 9.90 Å². The average Bonchev–Trinajstić information content (AvgIpc) is 2.45. The maximum atomic E-state index is 10.8. The molecule has 2 N–H and O–H groups in total. The molecule has 1 atom stereocenters. The van der Waals surface area contributed by atoms with Gasteiger partial charge in [-0.15, -0.1) is 11.8 Å². The topological polar surface area (TPSA) is 49.3 Å². The Bertz CT molecular complexity index is 560. The highest BCUT2D eigenvalue weighted by molar-refractivity contribution is 8.00. The second kappa shape index (κ2) is 7.22. The third-order valence-electron chi connectivity index (χ3n) is 2.62. The van der Waals surface area contributed by atoms with E-state index in [1.165, 1.54) is 11.8 Å². The number of rotatable bonds is 6. The summed E-state index contributed by atoms with van der Waals surface area (Å²) in [6.07, 6.45) is 0. The Labute approximate surface area is 127 Å². The zero-order valence-electron chi connectivity index (χ0n) is 10.6. The lowest BCUT2D eigenvalue weighted by Crippen LogP contribution is -2.10. The number of anilines is 1. The second-order valence-corrected chi connectivity index (χ2v) is 5.68. The van der Waals surface area contributed by atoms with Gasteiger partial charge in [0.2, 0.25) is 0 Å². The number of carboxylic acids is 1. The number of hydrogen-bond acceptors (Lipinski definition) is 3. The van der Waals surface area contributed by atoms with Crippen molar-refractivity contribution >= 4 is 35.0 Å². The van der Waals surface area contributed by atoms with Crippen LogP contribution >= 0.6 is 23.4 Å². The van der Waals surface area contributed by atoms with Gasteiger partial charge in [0.15, 0.2) is 0 Å². The highest BCUT2D eigenvalue weighted by atomic mass is 35.5. The van der Waals surface area contributed by atoms with E-state index in [9.17, 15) is 4.79 Å². The molecular formula is C15H14ClNO2S. The summed E-state index contributed by atoms with van der Waals surface area (Å²) >= 11 is 7.21. The van der Waals surface area contributed by atoms with Crippen LogP contribution in [0.4, 0.5) is 5.69 Å². The molecule has 0 fully saturated rings. The summed E-state index contributed by atoms with van der Waals surface area (Å²) in [4.78, 5) is 10.8. The van der Waals surface area contributed by atoms with Gasteiger partial charge in [0, 0.05) is 10.7 Å². The lowest BCUT2D eigenvalue weighted by atomic mass is 10.2. The SMILES string of the molecule is O=C(O)CSC(Nc1ccccc1)c1ccc(Cl)cc1. The Morgan fingerprint density at radius 3 is 2.40 bits per heavy atom. The van der Waals surface area contributed by atoms with Crippen molar-refractivity contribution in [3.8, 4) is 0 Å². The molecule has 0 amide bonds. The molecule has 0 aliphatic heterocycles. The van der Waals surface area contributed by atoms with Crippen molar-refractivity contribution in [2.75, 3.05) is 11.1 Å². The van der Waals surface area contributed by atoms with Gasteiger partial charge in [-0.3, -0.25) is 4.79 Å². The molecule has 2 aromatic rings. The third-order valence-corrected chi connectivity index (χ3v) is 4.01. The van der Waals surface area contributed by atoms with Crippen LogP contribution in [0.3, 0.4) is 0 Å². The van der Waals surface area contributed by atoms with E-state index >= 15 is 0 Å². The minimum absolute atomic E-state index is 0.0348. The minimum atomic E-state index is -0.830. The van der Waals surface area contributed by atoms with E-state index in [1.807, 2.05) is 42.5 Å². The average molecular weight is 308 g/mol. The predicted octanol–water partition coefficient (Wildman–Crippen LogP) is 4.27. The van der Waals surface area contributed by atoms with Crippen LogP contribution in [0.15, 0.2) is 54.6 Å². The summed E-state index contributed by atoms with van der Waals surface area (Å²) in [6, 6.07) is 17.1. The van der Waals surface area contributed by atoms with Gasteiger partial charge in [0.1, 0.15) is 0 Å². The van der Waals surface area contributed by atoms with E-state index in [4.69, 9.17) is 16.7 Å². The van der Waals surface area contributed by atoms with Gasteiger partial charge in [-0.25, -0.2) is 0 Å². The molecule has 0 heterocycles. The standard InChI is InChI=1S/C15H14ClNO2S/c16-12-8-6-11(7-9-12)15(20-10-14(18)19)17-13-4-2-1-3-5-13/h1-9,15,17H,10H2,(H,18,19). The summed E-state index contributed by atoms with van der Waals surface area (Å²) in [5.41, 5.74) is 1.94. The number of thioether (sulfide) groups is 1. The molecule has 5 heteroatoms. The van der Waals surface area contributed by atoms with Crippen molar-refractivity contribution in [1.29, 1.82) is 0 Å². The van der Waals surface area contributed by atoms with Crippen LogP contribution in [0, 0.1) is 0 Å². The Hall–Kier alpha value is -1.65. The number of para-hydroxylation sites is 1. The summed E-state index contributed by atoms with van der Waals surface area (Å²) in [7, 11) is 0. The normalized spacial score (nSPS) is 11.8. The van der Waals surface area contributed by atoms with E-state index in [1.54, 1.807) is 12.1 Å². The minimum Gasteiger partial charge on any atom is -0.481 e. The number of halogens is 1. The van der Waals surface area contributed by atoms with Crippen LogP contribution in [0.2, 0.25) is 5.02 Å². The number of aliphatic carboxylic acids is 1. The summed E-state index contributed by atoms with van der Waals surface area (Å²) < 4.78 is 0. The molecule has 0 aromatic heterocycles. The Kier molecular flexibility index (Phi) is 5.32. The zero-order valence-corrected chi connectivity index (χ0v) is 12.2. The first-order valence-corrected chi connectivity index (χ1v) is 7.48. The van der Waals surface area contributed by atoms with E-state index in [2.05, 4.69) is 5.32 Å². The van der Waals surface area contributed by atoms with Crippen molar-refractivity contribution in [3.05, 3.63) is 65.2 Å². The van der Waals surface area contributed by atoms with Crippen molar-refractivity contribution in [2.45, 2.75) is 5.37 Å². The van der Waals surface area contributed by atoms with E-state index in [0.717, 1.165) is 11.3 Å². The molecular weight excluding hydrogens is 294 g/mol. The number of nitrogens with one attached hydrogen (secondary N) is 1. The number of hydrogen-bond donors (Lipinski definition) is 2. The molecule has 0 radical (unpaired) electrons. The van der Waals surface area contributed by atoms with Crippen LogP contribution in [-0.4, -0.2) is 16.8 Å². The van der Waals surface area contributed by atoms with Crippen molar-refractivity contribution in [3.63, 3.8) is 0 Å². The van der Waals surface area contributed by atoms with Crippen LogP contribution < -0.4 is 5.32 Å². The predicted molar refractivity (Wildman–Crippen MR) is 84.4 cm³/mol. The summed E-state index contributed by atoms with van der Waals surface area (Å²) in [6.45, 7) is 0. The number of benzene rings is 2. The molecule has 3 nitrogen and oxygen atoms in total. The lowest BCUT2D eigenvalue weighted by Gasteiger charge is -2.19. The van der Waals surface area contributed by atoms with Gasteiger partial charge in [-0.1, -0.05) is 41.9 Å². The van der Waals surface area contributed by atoms with Gasteiger partial charge >= 0.3 is 5.97 Å². The van der Waals surface area contributed by atoms with Gasteiger partial charge in [0.25, 0.3) is 0 Å². The van der Waals surface area contributed by atoms with Crippen molar-refractivity contribution in [2.24, 2.45) is 0 Å². The molecule has 0 aliphatic carbocycles. The van der Waals surface area contributed by atoms with Gasteiger partial charge < -0.3 is 10.4 Å². The maximum absolute atomic E-state index is 10.8.